The summed E-state index contributed by atoms with van der Waals surface area (Å²) in [7, 11) is 1.57. The number of aromatic amines is 1. The number of rotatable bonds is 3. The smallest absolute Gasteiger partial charge is 0.270 e. The third-order valence-corrected chi connectivity index (χ3v) is 3.36. The number of fused-ring (bicyclic) bond motifs is 3. The van der Waals surface area contributed by atoms with Gasteiger partial charge in [0.15, 0.2) is 17.1 Å². The molecule has 4 rings (SSSR count). The van der Waals surface area contributed by atoms with Gasteiger partial charge in [-0.1, -0.05) is 23.4 Å². The molecule has 3 aromatic heterocycles. The van der Waals surface area contributed by atoms with E-state index in [1.807, 2.05) is 12.1 Å². The van der Waals surface area contributed by atoms with Crippen molar-refractivity contribution in [1.29, 1.82) is 0 Å². The number of hydrogen-bond acceptors (Lipinski definition) is 6. The molecule has 0 unspecified atom stereocenters. The fourth-order valence-corrected chi connectivity index (χ4v) is 2.40. The zero-order chi connectivity index (χ0) is 15.1. The summed E-state index contributed by atoms with van der Waals surface area (Å²) >= 11 is 0. The van der Waals surface area contributed by atoms with E-state index in [1.165, 1.54) is 4.52 Å². The molecule has 8 nitrogen and oxygen atoms in total. The quantitative estimate of drug-likeness (QED) is 0.613. The molecule has 0 aliphatic rings. The van der Waals surface area contributed by atoms with Gasteiger partial charge in [0.05, 0.1) is 5.39 Å². The van der Waals surface area contributed by atoms with Gasteiger partial charge in [-0.3, -0.25) is 9.89 Å². The Hall–Kier alpha value is -3.00. The van der Waals surface area contributed by atoms with Gasteiger partial charge in [0.2, 0.25) is 5.82 Å². The highest BCUT2D eigenvalue weighted by atomic mass is 16.5. The van der Waals surface area contributed by atoms with Gasteiger partial charge < -0.3 is 9.26 Å². The van der Waals surface area contributed by atoms with E-state index in [1.54, 1.807) is 25.3 Å². The molecule has 0 saturated carbocycles. The van der Waals surface area contributed by atoms with Gasteiger partial charge in [0.1, 0.15) is 6.61 Å². The molecule has 0 bridgehead atoms. The zero-order valence-electron chi connectivity index (χ0n) is 11.6. The number of aromatic nitrogens is 5. The maximum Gasteiger partial charge on any atom is 0.270 e. The zero-order valence-corrected chi connectivity index (χ0v) is 11.6. The Bertz CT molecular complexity index is 1030. The van der Waals surface area contributed by atoms with Crippen LogP contribution in [0.5, 0.6) is 0 Å². The van der Waals surface area contributed by atoms with Crippen LogP contribution in [0.2, 0.25) is 0 Å². The van der Waals surface area contributed by atoms with Crippen LogP contribution in [0.3, 0.4) is 0 Å². The van der Waals surface area contributed by atoms with Crippen LogP contribution in [0, 0.1) is 0 Å². The lowest BCUT2D eigenvalue weighted by Crippen LogP contribution is -2.12. The third-order valence-electron chi connectivity index (χ3n) is 3.36. The van der Waals surface area contributed by atoms with Crippen LogP contribution in [-0.2, 0) is 11.3 Å². The van der Waals surface area contributed by atoms with Crippen molar-refractivity contribution in [3.63, 3.8) is 0 Å². The highest BCUT2D eigenvalue weighted by Gasteiger charge is 2.16. The van der Waals surface area contributed by atoms with Crippen molar-refractivity contribution in [1.82, 2.24) is 25.0 Å². The van der Waals surface area contributed by atoms with Gasteiger partial charge in [0.25, 0.3) is 5.56 Å². The average molecular weight is 297 g/mol. The van der Waals surface area contributed by atoms with Gasteiger partial charge in [0, 0.05) is 18.6 Å². The van der Waals surface area contributed by atoms with Gasteiger partial charge >= 0.3 is 0 Å². The minimum absolute atomic E-state index is 0.218. The molecule has 0 aliphatic heterocycles. The molecule has 0 aliphatic carbocycles. The van der Waals surface area contributed by atoms with Crippen LogP contribution in [0.25, 0.3) is 27.9 Å². The van der Waals surface area contributed by atoms with Crippen LogP contribution in [0.1, 0.15) is 5.76 Å². The Balaban J connectivity index is 1.97. The monoisotopic (exact) mass is 297 g/mol. The topological polar surface area (TPSA) is 98.3 Å². The number of nitrogens with zero attached hydrogens (tertiary/aromatic N) is 4. The van der Waals surface area contributed by atoms with Crippen molar-refractivity contribution in [2.75, 3.05) is 7.11 Å². The van der Waals surface area contributed by atoms with Crippen molar-refractivity contribution in [3.8, 4) is 11.5 Å². The number of methoxy groups -OCH3 is 1. The minimum Gasteiger partial charge on any atom is -0.377 e. The first kappa shape index (κ1) is 12.7. The summed E-state index contributed by atoms with van der Waals surface area (Å²) in [6.45, 7) is 0.309. The molecule has 3 heterocycles. The Morgan fingerprint density at radius 2 is 2.09 bits per heavy atom. The molecule has 0 saturated heterocycles. The summed E-state index contributed by atoms with van der Waals surface area (Å²) < 4.78 is 11.6. The molecule has 22 heavy (non-hydrogen) atoms. The van der Waals surface area contributed by atoms with Crippen LogP contribution in [-0.4, -0.2) is 32.1 Å². The maximum absolute atomic E-state index is 12.2. The molecule has 0 amide bonds. The SMILES string of the molecule is COCc1cc(-c2nnc3c4ccccc4c(=O)[nH]n23)no1. The summed E-state index contributed by atoms with van der Waals surface area (Å²) in [6.07, 6.45) is 0. The van der Waals surface area contributed by atoms with Gasteiger partial charge in [-0.05, 0) is 6.07 Å². The normalized spacial score (nSPS) is 11.5. The summed E-state index contributed by atoms with van der Waals surface area (Å²) in [5, 5.41) is 16.2. The van der Waals surface area contributed by atoms with Crippen LogP contribution in [0.15, 0.2) is 39.6 Å². The van der Waals surface area contributed by atoms with Gasteiger partial charge in [-0.2, -0.15) is 0 Å². The highest BCUT2D eigenvalue weighted by Crippen LogP contribution is 2.21. The standard InChI is InChI=1S/C14H11N5O3/c1-21-7-8-6-11(18-22-8)13-16-15-12-9-4-2-3-5-10(9)14(20)17-19(12)13/h2-6H,7H2,1H3,(H,17,20). The highest BCUT2D eigenvalue weighted by molar-refractivity contribution is 5.93. The van der Waals surface area contributed by atoms with Crippen LogP contribution in [0.4, 0.5) is 0 Å². The molecule has 0 atom stereocenters. The molecular formula is C14H11N5O3. The van der Waals surface area contributed by atoms with Crippen molar-refractivity contribution < 1.29 is 9.26 Å². The first-order valence-corrected chi connectivity index (χ1v) is 6.59. The van der Waals surface area contributed by atoms with Crippen molar-refractivity contribution in [2.45, 2.75) is 6.61 Å². The second-order valence-electron chi connectivity index (χ2n) is 4.78. The lowest BCUT2D eigenvalue weighted by atomic mass is 10.2. The average Bonchev–Trinajstić information content (AvgIpc) is 3.14. The van der Waals surface area contributed by atoms with E-state index >= 15 is 0 Å². The largest absolute Gasteiger partial charge is 0.377 e. The molecule has 4 aromatic rings. The lowest BCUT2D eigenvalue weighted by Gasteiger charge is -2.00. The lowest BCUT2D eigenvalue weighted by molar-refractivity contribution is 0.156. The molecule has 0 fully saturated rings. The van der Waals surface area contributed by atoms with Crippen LogP contribution < -0.4 is 5.56 Å². The molecule has 110 valence electrons. The fraction of sp³-hybridized carbons (Fsp3) is 0.143. The van der Waals surface area contributed by atoms with Crippen molar-refractivity contribution in [2.24, 2.45) is 0 Å². The van der Waals surface area contributed by atoms with E-state index in [9.17, 15) is 4.79 Å². The molecule has 0 spiro atoms. The van der Waals surface area contributed by atoms with Crippen molar-refractivity contribution >= 4 is 16.4 Å². The molecule has 8 heteroatoms. The second-order valence-corrected chi connectivity index (χ2v) is 4.78. The Morgan fingerprint density at radius 1 is 1.27 bits per heavy atom. The summed E-state index contributed by atoms with van der Waals surface area (Å²) in [6, 6.07) is 8.93. The summed E-state index contributed by atoms with van der Waals surface area (Å²) in [4.78, 5) is 12.2. The van der Waals surface area contributed by atoms with E-state index in [-0.39, 0.29) is 5.56 Å². The van der Waals surface area contributed by atoms with E-state index in [4.69, 9.17) is 9.26 Å². The molecule has 0 radical (unpaired) electrons. The van der Waals surface area contributed by atoms with Gasteiger partial charge in [-0.25, -0.2) is 4.52 Å². The van der Waals surface area contributed by atoms with Crippen LogP contribution >= 0.6 is 0 Å². The number of H-pyrrole nitrogens is 1. The van der Waals surface area contributed by atoms with E-state index in [0.29, 0.717) is 34.9 Å². The number of hydrogen-bond donors (Lipinski definition) is 1. The summed E-state index contributed by atoms with van der Waals surface area (Å²) in [5.41, 5.74) is 0.816. The predicted molar refractivity (Wildman–Crippen MR) is 77.3 cm³/mol. The van der Waals surface area contributed by atoms with Crippen molar-refractivity contribution in [3.05, 3.63) is 46.4 Å². The third kappa shape index (κ3) is 1.81. The fourth-order valence-electron chi connectivity index (χ4n) is 2.40. The first-order valence-electron chi connectivity index (χ1n) is 6.59. The maximum atomic E-state index is 12.2. The first-order chi connectivity index (χ1) is 10.8. The number of nitrogens with one attached hydrogen (secondary N) is 1. The number of benzene rings is 1. The van der Waals surface area contributed by atoms with E-state index < -0.39 is 0 Å². The molecule has 1 N–H and O–H groups in total. The molecule has 1 aromatic carbocycles. The summed E-state index contributed by atoms with van der Waals surface area (Å²) in [5.74, 6) is 0.973. The van der Waals surface area contributed by atoms with E-state index in [0.717, 1.165) is 5.39 Å². The Morgan fingerprint density at radius 3 is 2.91 bits per heavy atom. The Kier molecular flexibility index (Phi) is 2.76. The van der Waals surface area contributed by atoms with Gasteiger partial charge in [-0.15, -0.1) is 10.2 Å². The minimum atomic E-state index is -0.218. The second kappa shape index (κ2) is 4.78. The molecular weight excluding hydrogens is 286 g/mol. The number of ether oxygens (including phenoxy) is 1. The Labute approximate surface area is 123 Å². The van der Waals surface area contributed by atoms with E-state index in [2.05, 4.69) is 20.5 Å². The predicted octanol–water partition coefficient (Wildman–Crippen LogP) is 1.37.